The van der Waals surface area contributed by atoms with Crippen molar-refractivity contribution in [3.63, 3.8) is 0 Å². The highest BCUT2D eigenvalue weighted by molar-refractivity contribution is 7.92. The number of hydrogen-bond donors (Lipinski definition) is 1. The van der Waals surface area contributed by atoms with E-state index in [-0.39, 0.29) is 37.7 Å². The zero-order chi connectivity index (χ0) is 30.0. The predicted octanol–water partition coefficient (Wildman–Crippen LogP) is 5.32. The number of amides is 2. The van der Waals surface area contributed by atoms with E-state index in [1.807, 2.05) is 37.3 Å². The summed E-state index contributed by atoms with van der Waals surface area (Å²) >= 11 is 12.4. The second-order valence-corrected chi connectivity index (χ2v) is 12.2. The normalized spacial score (nSPS) is 11.9. The summed E-state index contributed by atoms with van der Waals surface area (Å²) in [6.45, 7) is 2.44. The first kappa shape index (κ1) is 32.2. The summed E-state index contributed by atoms with van der Waals surface area (Å²) in [4.78, 5) is 28.6. The first-order valence-electron chi connectivity index (χ1n) is 13.2. The van der Waals surface area contributed by atoms with Gasteiger partial charge in [-0.1, -0.05) is 59.6 Å². The Balaban J connectivity index is 1.87. The third-order valence-corrected chi connectivity index (χ3v) is 8.40. The number of likely N-dealkylation sites (N-methyl/N-ethyl adjacent to an activating group) is 1. The smallest absolute Gasteiger partial charge is 0.243 e. The summed E-state index contributed by atoms with van der Waals surface area (Å²) in [7, 11) is -2.08. The minimum Gasteiger partial charge on any atom is -0.497 e. The molecule has 1 N–H and O–H groups in total. The summed E-state index contributed by atoms with van der Waals surface area (Å²) in [5.74, 6) is 0.0392. The van der Waals surface area contributed by atoms with Gasteiger partial charge in [-0.2, -0.15) is 0 Å². The molecule has 0 radical (unpaired) electrons. The Hall–Kier alpha value is -3.27. The van der Waals surface area contributed by atoms with Gasteiger partial charge in [-0.3, -0.25) is 13.9 Å². The van der Waals surface area contributed by atoms with Crippen molar-refractivity contribution in [2.24, 2.45) is 0 Å². The number of benzene rings is 3. The summed E-state index contributed by atoms with van der Waals surface area (Å²) in [5, 5.41) is 3.59. The van der Waals surface area contributed by atoms with Gasteiger partial charge in [0.1, 0.15) is 11.8 Å². The lowest BCUT2D eigenvalue weighted by Crippen LogP contribution is -2.50. The van der Waals surface area contributed by atoms with Crippen LogP contribution in [0.15, 0.2) is 72.8 Å². The minimum atomic E-state index is -3.61. The topological polar surface area (TPSA) is 96.0 Å². The first-order valence-corrected chi connectivity index (χ1v) is 15.8. The standard InChI is InChI=1S/C30H35Cl2N3O5S/c1-4-33-30(37)28(20-22-9-6-5-7-10-22)34(21-23-12-17-26(31)27(32)19-23)29(36)11-8-18-35(41(3,38)39)24-13-15-25(40-2)16-14-24/h5-7,9-10,12-17,19,28H,4,8,11,18,20-21H2,1-3H3,(H,33,37)/t28-/m1/s1. The number of rotatable bonds is 14. The summed E-state index contributed by atoms with van der Waals surface area (Å²) in [6, 6.07) is 20.4. The molecule has 220 valence electrons. The van der Waals surface area contributed by atoms with Gasteiger partial charge in [-0.25, -0.2) is 8.42 Å². The highest BCUT2D eigenvalue weighted by Gasteiger charge is 2.30. The number of nitrogens with zero attached hydrogens (tertiary/aromatic N) is 2. The molecule has 0 heterocycles. The molecular formula is C30H35Cl2N3O5S. The molecule has 0 bridgehead atoms. The van der Waals surface area contributed by atoms with E-state index < -0.39 is 16.1 Å². The molecule has 0 fully saturated rings. The zero-order valence-corrected chi connectivity index (χ0v) is 25.7. The number of sulfonamides is 1. The molecule has 0 aliphatic carbocycles. The molecular weight excluding hydrogens is 585 g/mol. The third kappa shape index (κ3) is 9.38. The molecule has 2 amide bonds. The van der Waals surface area contributed by atoms with E-state index in [0.29, 0.717) is 40.0 Å². The van der Waals surface area contributed by atoms with E-state index in [4.69, 9.17) is 27.9 Å². The second-order valence-electron chi connectivity index (χ2n) is 9.51. The number of ether oxygens (including phenoxy) is 1. The quantitative estimate of drug-likeness (QED) is 0.263. The van der Waals surface area contributed by atoms with E-state index in [2.05, 4.69) is 5.32 Å². The van der Waals surface area contributed by atoms with Gasteiger partial charge in [0.15, 0.2) is 0 Å². The molecule has 11 heteroatoms. The average Bonchev–Trinajstić information content (AvgIpc) is 2.95. The van der Waals surface area contributed by atoms with Gasteiger partial charge in [0, 0.05) is 32.5 Å². The Morgan fingerprint density at radius 3 is 2.22 bits per heavy atom. The third-order valence-electron chi connectivity index (χ3n) is 6.47. The molecule has 1 atom stereocenters. The zero-order valence-electron chi connectivity index (χ0n) is 23.3. The number of methoxy groups -OCH3 is 1. The maximum atomic E-state index is 13.8. The van der Waals surface area contributed by atoms with Crippen molar-refractivity contribution in [2.45, 2.75) is 38.8 Å². The van der Waals surface area contributed by atoms with E-state index >= 15 is 0 Å². The fraction of sp³-hybridized carbons (Fsp3) is 0.333. The maximum Gasteiger partial charge on any atom is 0.243 e. The van der Waals surface area contributed by atoms with Gasteiger partial charge >= 0.3 is 0 Å². The summed E-state index contributed by atoms with van der Waals surface area (Å²) in [5.41, 5.74) is 2.09. The van der Waals surface area contributed by atoms with Crippen molar-refractivity contribution >= 4 is 50.7 Å². The average molecular weight is 621 g/mol. The van der Waals surface area contributed by atoms with E-state index in [0.717, 1.165) is 11.8 Å². The molecule has 0 saturated carbocycles. The number of hydrogen-bond acceptors (Lipinski definition) is 5. The van der Waals surface area contributed by atoms with Gasteiger partial charge in [-0.15, -0.1) is 0 Å². The Labute approximate surface area is 252 Å². The van der Waals surface area contributed by atoms with Crippen molar-refractivity contribution in [1.82, 2.24) is 10.2 Å². The number of halogens is 2. The van der Waals surface area contributed by atoms with Crippen molar-refractivity contribution in [1.29, 1.82) is 0 Å². The van der Waals surface area contributed by atoms with Crippen molar-refractivity contribution in [3.8, 4) is 5.75 Å². The van der Waals surface area contributed by atoms with Crippen LogP contribution in [0.1, 0.15) is 30.9 Å². The maximum absolute atomic E-state index is 13.8. The van der Waals surface area contributed by atoms with Gasteiger partial charge in [0.25, 0.3) is 0 Å². The number of anilines is 1. The van der Waals surface area contributed by atoms with Crippen LogP contribution in [0.2, 0.25) is 10.0 Å². The molecule has 3 rings (SSSR count). The Morgan fingerprint density at radius 2 is 1.63 bits per heavy atom. The van der Waals surface area contributed by atoms with E-state index in [9.17, 15) is 18.0 Å². The molecule has 3 aromatic carbocycles. The number of carbonyl (C=O) groups excluding carboxylic acids is 2. The Morgan fingerprint density at radius 1 is 0.951 bits per heavy atom. The van der Waals surface area contributed by atoms with Crippen molar-refractivity contribution in [2.75, 3.05) is 30.8 Å². The minimum absolute atomic E-state index is 0.0220. The SMILES string of the molecule is CCNC(=O)[C@@H](Cc1ccccc1)N(Cc1ccc(Cl)c(Cl)c1)C(=O)CCCN(c1ccc(OC)cc1)S(C)(=O)=O. The number of carbonyl (C=O) groups is 2. The molecule has 0 aliphatic heterocycles. The molecule has 0 saturated heterocycles. The Bertz CT molecular complexity index is 1420. The highest BCUT2D eigenvalue weighted by Crippen LogP contribution is 2.25. The van der Waals surface area contributed by atoms with Gasteiger partial charge in [0.2, 0.25) is 21.8 Å². The van der Waals surface area contributed by atoms with Gasteiger partial charge in [0.05, 0.1) is 29.1 Å². The van der Waals surface area contributed by atoms with Crippen molar-refractivity contribution < 1.29 is 22.7 Å². The predicted molar refractivity (Wildman–Crippen MR) is 164 cm³/mol. The van der Waals surface area contributed by atoms with Crippen LogP contribution in [0.5, 0.6) is 5.75 Å². The molecule has 0 spiro atoms. The number of nitrogens with one attached hydrogen (secondary N) is 1. The van der Waals surface area contributed by atoms with Crippen LogP contribution in [-0.4, -0.2) is 57.6 Å². The Kier molecular flexibility index (Phi) is 11.9. The van der Waals surface area contributed by atoms with Crippen LogP contribution >= 0.6 is 23.2 Å². The lowest BCUT2D eigenvalue weighted by molar-refractivity contribution is -0.141. The molecule has 0 aliphatic rings. The van der Waals surface area contributed by atoms with Gasteiger partial charge < -0.3 is 15.0 Å². The van der Waals surface area contributed by atoms with Crippen LogP contribution in [0.3, 0.4) is 0 Å². The van der Waals surface area contributed by atoms with Crippen LogP contribution in [0.25, 0.3) is 0 Å². The molecule has 3 aromatic rings. The van der Waals surface area contributed by atoms with Gasteiger partial charge in [-0.05, 0) is 60.9 Å². The van der Waals surface area contributed by atoms with Crippen LogP contribution in [-0.2, 0) is 32.6 Å². The van der Waals surface area contributed by atoms with Crippen LogP contribution < -0.4 is 14.4 Å². The lowest BCUT2D eigenvalue weighted by atomic mass is 10.0. The van der Waals surface area contributed by atoms with Crippen molar-refractivity contribution in [3.05, 3.63) is 94.0 Å². The molecule has 8 nitrogen and oxygen atoms in total. The molecule has 0 unspecified atom stereocenters. The van der Waals surface area contributed by atoms with E-state index in [1.54, 1.807) is 42.5 Å². The molecule has 41 heavy (non-hydrogen) atoms. The fourth-order valence-electron chi connectivity index (χ4n) is 4.43. The lowest BCUT2D eigenvalue weighted by Gasteiger charge is -2.32. The fourth-order valence-corrected chi connectivity index (χ4v) is 5.72. The molecule has 0 aromatic heterocycles. The highest BCUT2D eigenvalue weighted by atomic mass is 35.5. The van der Waals surface area contributed by atoms with Crippen LogP contribution in [0, 0.1) is 0 Å². The largest absolute Gasteiger partial charge is 0.497 e. The first-order chi connectivity index (χ1) is 19.5. The van der Waals surface area contributed by atoms with Crippen LogP contribution in [0.4, 0.5) is 5.69 Å². The summed E-state index contributed by atoms with van der Waals surface area (Å²) in [6.07, 6.45) is 1.69. The monoisotopic (exact) mass is 619 g/mol. The summed E-state index contributed by atoms with van der Waals surface area (Å²) < 4.78 is 31.6. The van der Waals surface area contributed by atoms with E-state index in [1.165, 1.54) is 16.3 Å². The second kappa shape index (κ2) is 15.1.